The van der Waals surface area contributed by atoms with Gasteiger partial charge in [-0.15, -0.1) is 0 Å². The lowest BCUT2D eigenvalue weighted by molar-refractivity contribution is -0.212. The molecule has 0 aliphatic rings. The summed E-state index contributed by atoms with van der Waals surface area (Å²) in [4.78, 5) is 20.7. The molecular weight excluding hydrogens is 270 g/mol. The Hall–Kier alpha value is -2.37. The van der Waals surface area contributed by atoms with Crippen molar-refractivity contribution in [1.29, 1.82) is 0 Å². The second-order valence-electron chi connectivity index (χ2n) is 4.58. The van der Waals surface area contributed by atoms with Crippen LogP contribution in [0.5, 0.6) is 5.75 Å². The van der Waals surface area contributed by atoms with Gasteiger partial charge in [-0.3, -0.25) is 4.79 Å². The summed E-state index contributed by atoms with van der Waals surface area (Å²) in [6.45, 7) is -0.213. The Morgan fingerprint density at radius 2 is 1.76 bits per heavy atom. The van der Waals surface area contributed by atoms with Gasteiger partial charge in [0, 0.05) is 12.0 Å². The predicted molar refractivity (Wildman–Crippen MR) is 77.9 cm³/mol. The number of carboxylic acids is 1. The summed E-state index contributed by atoms with van der Waals surface area (Å²) >= 11 is 0. The molecule has 2 aromatic rings. The molecular formula is C16H17NO4. The highest BCUT2D eigenvalue weighted by Crippen LogP contribution is 2.21. The molecule has 5 heteroatoms. The molecule has 1 atom stereocenters. The Morgan fingerprint density at radius 1 is 1.10 bits per heavy atom. The molecule has 0 saturated carbocycles. The minimum atomic E-state index is -1.13. The first-order valence-electron chi connectivity index (χ1n) is 6.56. The lowest BCUT2D eigenvalue weighted by Crippen LogP contribution is -2.35. The van der Waals surface area contributed by atoms with Crippen molar-refractivity contribution in [3.63, 3.8) is 0 Å². The highest BCUT2D eigenvalue weighted by Gasteiger charge is 2.13. The van der Waals surface area contributed by atoms with Crippen LogP contribution >= 0.6 is 0 Å². The standard InChI is InChI=1S/C16H17NO4/c17-14(16(18)19)11-20-21-15-9-5-4-8-13(15)10-12-6-2-1-3-7-12/h1-9,14H,10-11,17H2,(H,18,19). The molecule has 0 aliphatic heterocycles. The Morgan fingerprint density at radius 3 is 2.48 bits per heavy atom. The Balaban J connectivity index is 1.98. The quantitative estimate of drug-likeness (QED) is 0.601. The Bertz CT molecular complexity index is 586. The minimum Gasteiger partial charge on any atom is -0.480 e. The number of benzene rings is 2. The highest BCUT2D eigenvalue weighted by atomic mass is 17.2. The minimum absolute atomic E-state index is 0.213. The maximum Gasteiger partial charge on any atom is 0.323 e. The van der Waals surface area contributed by atoms with Crippen molar-refractivity contribution in [3.05, 3.63) is 65.7 Å². The van der Waals surface area contributed by atoms with Crippen LogP contribution < -0.4 is 10.6 Å². The molecule has 3 N–H and O–H groups in total. The number of carboxylic acid groups (broad SMARTS) is 1. The van der Waals surface area contributed by atoms with E-state index >= 15 is 0 Å². The van der Waals surface area contributed by atoms with Crippen LogP contribution in [0.1, 0.15) is 11.1 Å². The van der Waals surface area contributed by atoms with E-state index in [4.69, 9.17) is 20.6 Å². The van der Waals surface area contributed by atoms with Gasteiger partial charge in [-0.1, -0.05) is 48.5 Å². The van der Waals surface area contributed by atoms with E-state index in [0.717, 1.165) is 11.1 Å². The second kappa shape index (κ2) is 7.42. The van der Waals surface area contributed by atoms with E-state index < -0.39 is 12.0 Å². The molecule has 0 bridgehead atoms. The van der Waals surface area contributed by atoms with E-state index in [-0.39, 0.29) is 6.61 Å². The fourth-order valence-electron chi connectivity index (χ4n) is 1.79. The summed E-state index contributed by atoms with van der Waals surface area (Å²) < 4.78 is 0. The first kappa shape index (κ1) is 15.0. The zero-order valence-electron chi connectivity index (χ0n) is 11.4. The third kappa shape index (κ3) is 4.59. The molecule has 5 nitrogen and oxygen atoms in total. The van der Waals surface area contributed by atoms with Gasteiger partial charge in [-0.05, 0) is 11.6 Å². The number of aliphatic carboxylic acids is 1. The second-order valence-corrected chi connectivity index (χ2v) is 4.58. The van der Waals surface area contributed by atoms with Crippen molar-refractivity contribution in [1.82, 2.24) is 0 Å². The summed E-state index contributed by atoms with van der Waals surface area (Å²) in [5.41, 5.74) is 7.44. The summed E-state index contributed by atoms with van der Waals surface area (Å²) in [6, 6.07) is 16.3. The first-order valence-corrected chi connectivity index (χ1v) is 6.56. The van der Waals surface area contributed by atoms with Crippen LogP contribution in [-0.2, 0) is 16.1 Å². The zero-order valence-corrected chi connectivity index (χ0v) is 11.4. The molecule has 0 spiro atoms. The van der Waals surface area contributed by atoms with E-state index in [0.29, 0.717) is 12.2 Å². The van der Waals surface area contributed by atoms with Gasteiger partial charge >= 0.3 is 5.97 Å². The molecule has 21 heavy (non-hydrogen) atoms. The maximum absolute atomic E-state index is 10.6. The summed E-state index contributed by atoms with van der Waals surface area (Å²) in [5.74, 6) is -0.574. The topological polar surface area (TPSA) is 81.8 Å². The third-order valence-corrected chi connectivity index (χ3v) is 2.92. The van der Waals surface area contributed by atoms with Crippen molar-refractivity contribution >= 4 is 5.97 Å². The average molecular weight is 287 g/mol. The monoisotopic (exact) mass is 287 g/mol. The molecule has 0 amide bonds. The number of para-hydroxylation sites is 1. The molecule has 2 rings (SSSR count). The van der Waals surface area contributed by atoms with Crippen molar-refractivity contribution in [2.45, 2.75) is 12.5 Å². The van der Waals surface area contributed by atoms with E-state index in [1.54, 1.807) is 6.07 Å². The van der Waals surface area contributed by atoms with Gasteiger partial charge < -0.3 is 15.7 Å². The van der Waals surface area contributed by atoms with Crippen molar-refractivity contribution in [3.8, 4) is 5.75 Å². The maximum atomic E-state index is 10.6. The number of rotatable bonds is 7. The molecule has 0 heterocycles. The molecule has 0 saturated heterocycles. The molecule has 2 aromatic carbocycles. The third-order valence-electron chi connectivity index (χ3n) is 2.92. The van der Waals surface area contributed by atoms with Crippen molar-refractivity contribution in [2.24, 2.45) is 5.73 Å². The van der Waals surface area contributed by atoms with Crippen LogP contribution in [0.15, 0.2) is 54.6 Å². The van der Waals surface area contributed by atoms with Crippen molar-refractivity contribution < 1.29 is 19.7 Å². The summed E-state index contributed by atoms with van der Waals surface area (Å²) in [5, 5.41) is 8.67. The molecule has 1 unspecified atom stereocenters. The van der Waals surface area contributed by atoms with Gasteiger partial charge in [0.05, 0.1) is 0 Å². The smallest absolute Gasteiger partial charge is 0.323 e. The predicted octanol–water partition coefficient (Wildman–Crippen LogP) is 2.00. The fraction of sp³-hybridized carbons (Fsp3) is 0.188. The molecule has 0 aliphatic carbocycles. The zero-order chi connectivity index (χ0) is 15.1. The normalized spacial score (nSPS) is 11.9. The summed E-state index contributed by atoms with van der Waals surface area (Å²) in [7, 11) is 0. The SMILES string of the molecule is NC(COOc1ccccc1Cc1ccccc1)C(=O)O. The number of hydrogen-bond acceptors (Lipinski definition) is 4. The fourth-order valence-corrected chi connectivity index (χ4v) is 1.79. The first-order chi connectivity index (χ1) is 10.2. The van der Waals surface area contributed by atoms with Gasteiger partial charge in [-0.25, -0.2) is 0 Å². The van der Waals surface area contributed by atoms with Crippen LogP contribution in [0.4, 0.5) is 0 Å². The van der Waals surface area contributed by atoms with E-state index in [1.807, 2.05) is 48.5 Å². The van der Waals surface area contributed by atoms with E-state index in [2.05, 4.69) is 0 Å². The van der Waals surface area contributed by atoms with Crippen LogP contribution in [0.25, 0.3) is 0 Å². The van der Waals surface area contributed by atoms with Crippen molar-refractivity contribution in [2.75, 3.05) is 6.61 Å². The largest absolute Gasteiger partial charge is 0.480 e. The Kier molecular flexibility index (Phi) is 5.31. The van der Waals surface area contributed by atoms with Crippen LogP contribution in [0, 0.1) is 0 Å². The molecule has 110 valence electrons. The van der Waals surface area contributed by atoms with Gasteiger partial charge in [0.2, 0.25) is 0 Å². The van der Waals surface area contributed by atoms with E-state index in [9.17, 15) is 4.79 Å². The van der Waals surface area contributed by atoms with Gasteiger partial charge in [0.25, 0.3) is 0 Å². The average Bonchev–Trinajstić information content (AvgIpc) is 2.50. The highest BCUT2D eigenvalue weighted by molar-refractivity contribution is 5.73. The van der Waals surface area contributed by atoms with Gasteiger partial charge in [-0.2, -0.15) is 4.89 Å². The summed E-state index contributed by atoms with van der Waals surface area (Å²) in [6.07, 6.45) is 0.700. The molecule has 0 fully saturated rings. The Labute approximate surface area is 122 Å². The number of carbonyl (C=O) groups is 1. The number of nitrogens with two attached hydrogens (primary N) is 1. The number of hydrogen-bond donors (Lipinski definition) is 2. The van der Waals surface area contributed by atoms with Crippen LogP contribution in [-0.4, -0.2) is 23.7 Å². The molecule has 0 aromatic heterocycles. The van der Waals surface area contributed by atoms with Crippen LogP contribution in [0.2, 0.25) is 0 Å². The van der Waals surface area contributed by atoms with Gasteiger partial charge in [0.15, 0.2) is 5.75 Å². The lowest BCUT2D eigenvalue weighted by Gasteiger charge is -2.11. The van der Waals surface area contributed by atoms with Gasteiger partial charge in [0.1, 0.15) is 12.6 Å². The lowest BCUT2D eigenvalue weighted by atomic mass is 10.0. The molecule has 0 radical (unpaired) electrons. The van der Waals surface area contributed by atoms with E-state index in [1.165, 1.54) is 0 Å². The van der Waals surface area contributed by atoms with Crippen LogP contribution in [0.3, 0.4) is 0 Å².